The molecule has 0 saturated heterocycles. The van der Waals surface area contributed by atoms with Gasteiger partial charge in [0.2, 0.25) is 11.8 Å². The van der Waals surface area contributed by atoms with Crippen LogP contribution in [0.3, 0.4) is 0 Å². The molecule has 0 unspecified atom stereocenters. The predicted molar refractivity (Wildman–Crippen MR) is 110 cm³/mol. The van der Waals surface area contributed by atoms with E-state index in [4.69, 9.17) is 15.1 Å². The largest absolute Gasteiger partial charge is 0.447 e. The first kappa shape index (κ1) is 17.6. The molecule has 5 rings (SSSR count). The second-order valence-corrected chi connectivity index (χ2v) is 7.82. The third-order valence-electron chi connectivity index (χ3n) is 5.83. The number of nitrogens with zero attached hydrogens (tertiary/aromatic N) is 5. The lowest BCUT2D eigenvalue weighted by Crippen LogP contribution is -2.26. The van der Waals surface area contributed by atoms with Gasteiger partial charge in [-0.1, -0.05) is 24.3 Å². The van der Waals surface area contributed by atoms with Crippen LogP contribution >= 0.6 is 0 Å². The maximum atomic E-state index is 6.00. The van der Waals surface area contributed by atoms with Gasteiger partial charge in [0.05, 0.1) is 11.6 Å². The number of rotatable bonds is 5. The maximum absolute atomic E-state index is 6.00. The summed E-state index contributed by atoms with van der Waals surface area (Å²) in [4.78, 5) is 13.0. The summed E-state index contributed by atoms with van der Waals surface area (Å²) < 4.78 is 7.76. The topological polar surface area (TPSA) is 95.7 Å². The van der Waals surface area contributed by atoms with Gasteiger partial charge in [-0.25, -0.2) is 15.0 Å². The van der Waals surface area contributed by atoms with Gasteiger partial charge in [0.25, 0.3) is 0 Å². The molecule has 146 valence electrons. The van der Waals surface area contributed by atoms with Crippen molar-refractivity contribution in [3.8, 4) is 22.4 Å². The first-order valence-electron chi connectivity index (χ1n) is 9.67. The number of benzene rings is 1. The van der Waals surface area contributed by atoms with Crippen LogP contribution in [0.5, 0.6) is 0 Å². The van der Waals surface area contributed by atoms with Gasteiger partial charge in [-0.05, 0) is 36.8 Å². The SMILES string of the molecule is Cn1cc(-c2coc([C@](C)(c3ccc(-c4cnc(N)nc4)cc3)C3CC3)n2)cn1. The van der Waals surface area contributed by atoms with Crippen LogP contribution < -0.4 is 5.73 Å². The average molecular weight is 386 g/mol. The van der Waals surface area contributed by atoms with Crippen molar-refractivity contribution in [3.05, 3.63) is 66.8 Å². The Bertz CT molecular complexity index is 1140. The second kappa shape index (κ2) is 6.55. The van der Waals surface area contributed by atoms with Crippen LogP contribution in [0.15, 0.2) is 59.7 Å². The van der Waals surface area contributed by atoms with Crippen molar-refractivity contribution >= 4 is 5.95 Å². The monoisotopic (exact) mass is 386 g/mol. The number of aryl methyl sites for hydroxylation is 1. The highest BCUT2D eigenvalue weighted by molar-refractivity contribution is 5.63. The molecule has 7 nitrogen and oxygen atoms in total. The number of nitrogen functional groups attached to an aromatic ring is 1. The smallest absolute Gasteiger partial charge is 0.219 e. The van der Waals surface area contributed by atoms with Gasteiger partial charge in [0.15, 0.2) is 0 Å². The first-order valence-corrected chi connectivity index (χ1v) is 9.67. The molecule has 1 aliphatic carbocycles. The molecule has 0 bridgehead atoms. The highest BCUT2D eigenvalue weighted by Gasteiger charge is 2.47. The number of aromatic nitrogens is 5. The number of hydrogen-bond acceptors (Lipinski definition) is 6. The van der Waals surface area contributed by atoms with E-state index in [0.29, 0.717) is 5.92 Å². The molecule has 1 saturated carbocycles. The van der Waals surface area contributed by atoms with Crippen molar-refractivity contribution in [1.82, 2.24) is 24.7 Å². The Labute approximate surface area is 168 Å². The molecule has 1 atom stereocenters. The van der Waals surface area contributed by atoms with Gasteiger partial charge in [0.1, 0.15) is 12.0 Å². The summed E-state index contributed by atoms with van der Waals surface area (Å²) in [7, 11) is 1.90. The van der Waals surface area contributed by atoms with E-state index in [0.717, 1.165) is 28.3 Å². The summed E-state index contributed by atoms with van der Waals surface area (Å²) in [5.41, 5.74) is 10.3. The Balaban J connectivity index is 1.50. The third kappa shape index (κ3) is 3.08. The Hall–Kier alpha value is -3.48. The van der Waals surface area contributed by atoms with Crippen LogP contribution in [0.4, 0.5) is 5.95 Å². The summed E-state index contributed by atoms with van der Waals surface area (Å²) >= 11 is 0. The number of oxazole rings is 1. The Morgan fingerprint density at radius 2 is 1.76 bits per heavy atom. The van der Waals surface area contributed by atoms with Gasteiger partial charge in [-0.15, -0.1) is 0 Å². The van der Waals surface area contributed by atoms with E-state index >= 15 is 0 Å². The highest BCUT2D eigenvalue weighted by atomic mass is 16.3. The second-order valence-electron chi connectivity index (χ2n) is 7.82. The van der Waals surface area contributed by atoms with Crippen LogP contribution in [0.25, 0.3) is 22.4 Å². The number of hydrogen-bond donors (Lipinski definition) is 1. The van der Waals surface area contributed by atoms with Gasteiger partial charge >= 0.3 is 0 Å². The van der Waals surface area contributed by atoms with Crippen molar-refractivity contribution in [2.24, 2.45) is 13.0 Å². The van der Waals surface area contributed by atoms with Crippen LogP contribution in [-0.4, -0.2) is 24.7 Å². The molecule has 0 spiro atoms. The molecule has 1 fully saturated rings. The fourth-order valence-corrected chi connectivity index (χ4v) is 3.89. The van der Waals surface area contributed by atoms with E-state index in [9.17, 15) is 0 Å². The van der Waals surface area contributed by atoms with Crippen LogP contribution in [0, 0.1) is 5.92 Å². The molecular weight excluding hydrogens is 364 g/mol. The Kier molecular flexibility index (Phi) is 3.97. The molecule has 3 aromatic heterocycles. The molecule has 0 radical (unpaired) electrons. The number of anilines is 1. The van der Waals surface area contributed by atoms with Gasteiger partial charge in [0, 0.05) is 36.8 Å². The van der Waals surface area contributed by atoms with Crippen LogP contribution in [0.1, 0.15) is 31.2 Å². The zero-order valence-corrected chi connectivity index (χ0v) is 16.4. The zero-order chi connectivity index (χ0) is 20.0. The van der Waals surface area contributed by atoms with Crippen LogP contribution in [0.2, 0.25) is 0 Å². The maximum Gasteiger partial charge on any atom is 0.219 e. The van der Waals surface area contributed by atoms with Crippen molar-refractivity contribution in [2.45, 2.75) is 25.2 Å². The van der Waals surface area contributed by atoms with Gasteiger partial charge in [-0.2, -0.15) is 5.10 Å². The van der Waals surface area contributed by atoms with Gasteiger partial charge < -0.3 is 10.2 Å². The molecule has 7 heteroatoms. The van der Waals surface area contributed by atoms with Crippen molar-refractivity contribution in [1.29, 1.82) is 0 Å². The first-order chi connectivity index (χ1) is 14.0. The molecule has 1 aromatic carbocycles. The van der Waals surface area contributed by atoms with E-state index in [2.05, 4.69) is 46.3 Å². The van der Waals surface area contributed by atoms with E-state index < -0.39 is 0 Å². The summed E-state index contributed by atoms with van der Waals surface area (Å²) in [6, 6.07) is 8.49. The van der Waals surface area contributed by atoms with Crippen molar-refractivity contribution < 1.29 is 4.42 Å². The predicted octanol–water partition coefficient (Wildman–Crippen LogP) is 3.83. The lowest BCUT2D eigenvalue weighted by atomic mass is 9.77. The molecule has 3 heterocycles. The van der Waals surface area contributed by atoms with E-state index in [1.54, 1.807) is 29.5 Å². The molecule has 0 aliphatic heterocycles. The van der Waals surface area contributed by atoms with E-state index in [1.165, 1.54) is 18.4 Å². The molecule has 1 aliphatic rings. The Morgan fingerprint density at radius 1 is 1.03 bits per heavy atom. The highest BCUT2D eigenvalue weighted by Crippen LogP contribution is 2.51. The lowest BCUT2D eigenvalue weighted by Gasteiger charge is -2.27. The number of nitrogens with two attached hydrogens (primary N) is 1. The summed E-state index contributed by atoms with van der Waals surface area (Å²) in [5.74, 6) is 1.55. The van der Waals surface area contributed by atoms with Crippen molar-refractivity contribution in [2.75, 3.05) is 5.73 Å². The molecule has 0 amide bonds. The lowest BCUT2D eigenvalue weighted by molar-refractivity contribution is 0.357. The minimum atomic E-state index is -0.267. The van der Waals surface area contributed by atoms with E-state index in [1.807, 2.05) is 13.2 Å². The fourth-order valence-electron chi connectivity index (χ4n) is 3.89. The molecule has 4 aromatic rings. The van der Waals surface area contributed by atoms with Crippen LogP contribution in [-0.2, 0) is 12.5 Å². The Morgan fingerprint density at radius 3 is 2.38 bits per heavy atom. The van der Waals surface area contributed by atoms with Crippen molar-refractivity contribution in [3.63, 3.8) is 0 Å². The van der Waals surface area contributed by atoms with E-state index in [-0.39, 0.29) is 11.4 Å². The summed E-state index contributed by atoms with van der Waals surface area (Å²) in [5, 5.41) is 4.23. The quantitative estimate of drug-likeness (QED) is 0.560. The molecule has 29 heavy (non-hydrogen) atoms. The zero-order valence-electron chi connectivity index (χ0n) is 16.4. The summed E-state index contributed by atoms with van der Waals surface area (Å²) in [6.07, 6.45) is 11.3. The molecular formula is C22H22N6O. The average Bonchev–Trinajstić information content (AvgIpc) is 3.32. The van der Waals surface area contributed by atoms with Gasteiger partial charge in [-0.3, -0.25) is 4.68 Å². The molecule has 2 N–H and O–H groups in total. The summed E-state index contributed by atoms with van der Waals surface area (Å²) in [6.45, 7) is 2.23. The minimum Gasteiger partial charge on any atom is -0.447 e. The third-order valence-corrected chi connectivity index (χ3v) is 5.83. The standard InChI is InChI=1S/C22H22N6O/c1-22(18-7-8-18,20-27-19(13-29-20)16-11-26-28(2)12-16)17-5-3-14(4-6-17)15-9-24-21(23)25-10-15/h3-6,9-13,18H,7-8H2,1-2H3,(H2,23,24,25)/t22-/m1/s1. The minimum absolute atomic E-state index is 0.267. The fraction of sp³-hybridized carbons (Fsp3) is 0.273. The normalized spacial score (nSPS) is 15.9.